The second-order valence-corrected chi connectivity index (χ2v) is 8.92. The number of hydrogen-bond donors (Lipinski definition) is 1. The predicted molar refractivity (Wildman–Crippen MR) is 111 cm³/mol. The van der Waals surface area contributed by atoms with E-state index in [1.54, 1.807) is 60.5 Å². The Hall–Kier alpha value is -2.84. The number of amides is 1. The van der Waals surface area contributed by atoms with Crippen molar-refractivity contribution < 1.29 is 17.9 Å². The summed E-state index contributed by atoms with van der Waals surface area (Å²) in [5.41, 5.74) is 1.20. The van der Waals surface area contributed by atoms with Crippen LogP contribution in [0.3, 0.4) is 0 Å². The standard InChI is InChI=1S/C20H20ClN3O4S/c1-14(12-29(26,27)17-6-4-16(28-2)5-7-17)20(25)23-15-3-8-19(18(21)11-15)24-10-9-22-13-24/h3-11,13-14H,12H2,1-2H3,(H,23,25). The highest BCUT2D eigenvalue weighted by Crippen LogP contribution is 2.25. The fourth-order valence-corrected chi connectivity index (χ4v) is 4.58. The number of ether oxygens (including phenoxy) is 1. The molecule has 0 bridgehead atoms. The van der Waals surface area contributed by atoms with Crippen LogP contribution in [-0.4, -0.2) is 36.7 Å². The molecule has 3 rings (SSSR count). The zero-order valence-corrected chi connectivity index (χ0v) is 17.4. The van der Waals surface area contributed by atoms with E-state index in [0.29, 0.717) is 16.5 Å². The Balaban J connectivity index is 1.67. The maximum atomic E-state index is 12.6. The first-order chi connectivity index (χ1) is 13.8. The topological polar surface area (TPSA) is 90.3 Å². The van der Waals surface area contributed by atoms with E-state index in [2.05, 4.69) is 10.3 Å². The molecule has 0 saturated carbocycles. The molecule has 1 amide bonds. The number of halogens is 1. The van der Waals surface area contributed by atoms with Gasteiger partial charge in [-0.3, -0.25) is 4.79 Å². The van der Waals surface area contributed by atoms with Crippen molar-refractivity contribution in [3.05, 3.63) is 66.2 Å². The van der Waals surface area contributed by atoms with Crippen molar-refractivity contribution in [1.82, 2.24) is 9.55 Å². The number of rotatable bonds is 7. The molecule has 152 valence electrons. The Kier molecular flexibility index (Phi) is 6.24. The van der Waals surface area contributed by atoms with E-state index >= 15 is 0 Å². The molecular weight excluding hydrogens is 414 g/mol. The molecule has 1 aromatic heterocycles. The molecule has 0 saturated heterocycles. The molecule has 0 aliphatic carbocycles. The summed E-state index contributed by atoms with van der Waals surface area (Å²) in [4.78, 5) is 16.6. The highest BCUT2D eigenvalue weighted by atomic mass is 35.5. The van der Waals surface area contributed by atoms with Gasteiger partial charge in [0.25, 0.3) is 0 Å². The molecule has 9 heteroatoms. The minimum absolute atomic E-state index is 0.144. The number of hydrogen-bond acceptors (Lipinski definition) is 5. The van der Waals surface area contributed by atoms with Gasteiger partial charge in [-0.1, -0.05) is 18.5 Å². The van der Waals surface area contributed by atoms with Crippen LogP contribution in [0.2, 0.25) is 5.02 Å². The average Bonchev–Trinajstić information content (AvgIpc) is 3.22. The van der Waals surface area contributed by atoms with Crippen LogP contribution in [-0.2, 0) is 14.6 Å². The number of benzene rings is 2. The van der Waals surface area contributed by atoms with E-state index < -0.39 is 21.7 Å². The summed E-state index contributed by atoms with van der Waals surface area (Å²) in [5, 5.41) is 3.14. The number of carbonyl (C=O) groups is 1. The number of nitrogens with one attached hydrogen (secondary N) is 1. The Labute approximate surface area is 174 Å². The van der Waals surface area contributed by atoms with Gasteiger partial charge in [-0.25, -0.2) is 13.4 Å². The van der Waals surface area contributed by atoms with Gasteiger partial charge in [0.15, 0.2) is 9.84 Å². The van der Waals surface area contributed by atoms with E-state index in [9.17, 15) is 13.2 Å². The summed E-state index contributed by atoms with van der Waals surface area (Å²) >= 11 is 6.29. The van der Waals surface area contributed by atoms with E-state index in [1.165, 1.54) is 19.2 Å². The lowest BCUT2D eigenvalue weighted by molar-refractivity contribution is -0.118. The van der Waals surface area contributed by atoms with Crippen LogP contribution in [0.25, 0.3) is 5.69 Å². The second kappa shape index (κ2) is 8.67. The van der Waals surface area contributed by atoms with Crippen LogP contribution >= 0.6 is 11.6 Å². The molecule has 0 aliphatic heterocycles. The molecule has 1 N–H and O–H groups in total. The third-order valence-corrected chi connectivity index (χ3v) is 6.57. The van der Waals surface area contributed by atoms with Gasteiger partial charge in [-0.2, -0.15) is 0 Å². The van der Waals surface area contributed by atoms with Crippen LogP contribution < -0.4 is 10.1 Å². The second-order valence-electron chi connectivity index (χ2n) is 6.48. The zero-order valence-electron chi connectivity index (χ0n) is 15.9. The summed E-state index contributed by atoms with van der Waals surface area (Å²) in [5.74, 6) is -0.917. The summed E-state index contributed by atoms with van der Waals surface area (Å²) in [7, 11) is -2.11. The fourth-order valence-electron chi connectivity index (χ4n) is 2.75. The number of imidazole rings is 1. The van der Waals surface area contributed by atoms with Crippen molar-refractivity contribution >= 4 is 33.0 Å². The number of sulfone groups is 1. The van der Waals surface area contributed by atoms with Crippen molar-refractivity contribution in [3.8, 4) is 11.4 Å². The van der Waals surface area contributed by atoms with Gasteiger partial charge >= 0.3 is 0 Å². The van der Waals surface area contributed by atoms with Gasteiger partial charge in [0.2, 0.25) is 5.91 Å². The third kappa shape index (κ3) is 4.96. The molecule has 7 nitrogen and oxygen atoms in total. The SMILES string of the molecule is COc1ccc(S(=O)(=O)CC(C)C(=O)Nc2ccc(-n3ccnc3)c(Cl)c2)cc1. The minimum atomic E-state index is -3.62. The highest BCUT2D eigenvalue weighted by molar-refractivity contribution is 7.91. The van der Waals surface area contributed by atoms with Gasteiger partial charge in [0.05, 0.1) is 34.8 Å². The molecule has 0 fully saturated rings. The molecule has 29 heavy (non-hydrogen) atoms. The number of aromatic nitrogens is 2. The molecule has 0 aliphatic rings. The Bertz CT molecular complexity index is 1100. The zero-order chi connectivity index (χ0) is 21.0. The Morgan fingerprint density at radius 3 is 2.55 bits per heavy atom. The van der Waals surface area contributed by atoms with E-state index in [0.717, 1.165) is 5.69 Å². The lowest BCUT2D eigenvalue weighted by Gasteiger charge is -2.14. The van der Waals surface area contributed by atoms with Crippen molar-refractivity contribution in [2.24, 2.45) is 5.92 Å². The third-order valence-electron chi connectivity index (χ3n) is 4.33. The van der Waals surface area contributed by atoms with Crippen LogP contribution in [0, 0.1) is 5.92 Å². The summed E-state index contributed by atoms with van der Waals surface area (Å²) in [6.45, 7) is 1.57. The monoisotopic (exact) mass is 433 g/mol. The molecule has 3 aromatic rings. The fraction of sp³-hybridized carbons (Fsp3) is 0.200. The van der Waals surface area contributed by atoms with Crippen LogP contribution in [0.15, 0.2) is 66.1 Å². The molecule has 1 atom stereocenters. The minimum Gasteiger partial charge on any atom is -0.497 e. The maximum absolute atomic E-state index is 12.6. The van der Waals surface area contributed by atoms with Crippen LogP contribution in [0.1, 0.15) is 6.92 Å². The van der Waals surface area contributed by atoms with Gasteiger partial charge in [-0.05, 0) is 42.5 Å². The lowest BCUT2D eigenvalue weighted by atomic mass is 10.2. The molecule has 1 unspecified atom stereocenters. The van der Waals surface area contributed by atoms with Gasteiger partial charge < -0.3 is 14.6 Å². The quantitative estimate of drug-likeness (QED) is 0.615. The van der Waals surface area contributed by atoms with Crippen molar-refractivity contribution in [3.63, 3.8) is 0 Å². The molecule has 2 aromatic carbocycles. The Morgan fingerprint density at radius 2 is 1.97 bits per heavy atom. The summed E-state index contributed by atoms with van der Waals surface area (Å²) < 4.78 is 31.9. The molecular formula is C20H20ClN3O4S. The van der Waals surface area contributed by atoms with Crippen molar-refractivity contribution in [1.29, 1.82) is 0 Å². The van der Waals surface area contributed by atoms with Crippen molar-refractivity contribution in [2.45, 2.75) is 11.8 Å². The van der Waals surface area contributed by atoms with Gasteiger partial charge in [0.1, 0.15) is 5.75 Å². The van der Waals surface area contributed by atoms with E-state index in [4.69, 9.17) is 16.3 Å². The largest absolute Gasteiger partial charge is 0.497 e. The molecule has 0 spiro atoms. The number of nitrogens with zero attached hydrogens (tertiary/aromatic N) is 2. The maximum Gasteiger partial charge on any atom is 0.228 e. The smallest absolute Gasteiger partial charge is 0.228 e. The Morgan fingerprint density at radius 1 is 1.24 bits per heavy atom. The number of carbonyl (C=O) groups excluding carboxylic acids is 1. The predicted octanol–water partition coefficient (Wildman–Crippen LogP) is 3.58. The number of anilines is 1. The first-order valence-electron chi connectivity index (χ1n) is 8.76. The van der Waals surface area contributed by atoms with Crippen molar-refractivity contribution in [2.75, 3.05) is 18.2 Å². The van der Waals surface area contributed by atoms with Crippen LogP contribution in [0.4, 0.5) is 5.69 Å². The number of methoxy groups -OCH3 is 1. The molecule has 1 heterocycles. The molecule has 0 radical (unpaired) electrons. The summed E-state index contributed by atoms with van der Waals surface area (Å²) in [6.07, 6.45) is 5.01. The first-order valence-corrected chi connectivity index (χ1v) is 10.8. The van der Waals surface area contributed by atoms with E-state index in [-0.39, 0.29) is 10.6 Å². The first kappa shape index (κ1) is 20.9. The lowest BCUT2D eigenvalue weighted by Crippen LogP contribution is -2.27. The van der Waals surface area contributed by atoms with E-state index in [1.807, 2.05) is 0 Å². The average molecular weight is 434 g/mol. The van der Waals surface area contributed by atoms with Gasteiger partial charge in [0, 0.05) is 24.0 Å². The highest BCUT2D eigenvalue weighted by Gasteiger charge is 2.23. The summed E-state index contributed by atoms with van der Waals surface area (Å²) in [6, 6.07) is 11.1. The normalized spacial score (nSPS) is 12.4. The van der Waals surface area contributed by atoms with Crippen LogP contribution in [0.5, 0.6) is 5.75 Å². The van der Waals surface area contributed by atoms with Gasteiger partial charge in [-0.15, -0.1) is 0 Å².